The molecule has 16 heteroatoms. The number of anilines is 2. The van der Waals surface area contributed by atoms with Crippen LogP contribution in [0.4, 0.5) is 11.4 Å². The summed E-state index contributed by atoms with van der Waals surface area (Å²) >= 11 is 16.2. The number of amides is 4. The van der Waals surface area contributed by atoms with Crippen LogP contribution in [0.1, 0.15) is 40.2 Å². The zero-order valence-electron chi connectivity index (χ0n) is 30.0. The summed E-state index contributed by atoms with van der Waals surface area (Å²) in [6.07, 6.45) is 1.82. The number of ether oxygens (including phenoxy) is 2. The molecular formula is C41H32BrCl2N3O10. The molecular weight excluding hydrogens is 845 g/mol. The number of benzene rings is 4. The molecule has 1 saturated carbocycles. The Morgan fingerprint density at radius 1 is 0.895 bits per heavy atom. The molecule has 0 radical (unpaired) electrons. The number of aromatic carboxylic acids is 1. The Morgan fingerprint density at radius 3 is 2.28 bits per heavy atom. The topological polar surface area (TPSA) is 183 Å². The van der Waals surface area contributed by atoms with E-state index in [-0.39, 0.29) is 46.3 Å². The maximum Gasteiger partial charge on any atom is 0.339 e. The Kier molecular flexibility index (Phi) is 9.49. The van der Waals surface area contributed by atoms with Gasteiger partial charge in [-0.15, -0.1) is 0 Å². The van der Waals surface area contributed by atoms with Crippen molar-refractivity contribution in [3.63, 3.8) is 0 Å². The summed E-state index contributed by atoms with van der Waals surface area (Å²) in [4.78, 5) is 71.8. The van der Waals surface area contributed by atoms with Gasteiger partial charge in [-0.25, -0.2) is 9.69 Å². The van der Waals surface area contributed by atoms with Crippen molar-refractivity contribution < 1.29 is 48.8 Å². The number of rotatable bonds is 8. The van der Waals surface area contributed by atoms with Crippen LogP contribution in [0, 0.1) is 23.7 Å². The summed E-state index contributed by atoms with van der Waals surface area (Å²) in [7, 11) is 2.88. The maximum atomic E-state index is 15.5. The number of hydrogen-bond acceptors (Lipinski definition) is 10. The van der Waals surface area contributed by atoms with Crippen molar-refractivity contribution in [1.29, 1.82) is 0 Å². The van der Waals surface area contributed by atoms with Gasteiger partial charge in [-0.1, -0.05) is 62.9 Å². The number of carboxylic acid groups (broad SMARTS) is 1. The Bertz CT molecular complexity index is 2460. The van der Waals surface area contributed by atoms with E-state index in [4.69, 9.17) is 32.7 Å². The lowest BCUT2D eigenvalue weighted by Crippen LogP contribution is -2.53. The molecule has 6 atom stereocenters. The van der Waals surface area contributed by atoms with Gasteiger partial charge in [-0.2, -0.15) is 5.01 Å². The number of nitrogens with zero attached hydrogens (tertiary/aromatic N) is 2. The van der Waals surface area contributed by atoms with Crippen LogP contribution >= 0.6 is 39.1 Å². The average molecular weight is 878 g/mol. The van der Waals surface area contributed by atoms with Gasteiger partial charge in [0.15, 0.2) is 11.5 Å². The fraction of sp³-hybridized carbons (Fsp3) is 0.244. The van der Waals surface area contributed by atoms with E-state index in [2.05, 4.69) is 21.4 Å². The number of methoxy groups -OCH3 is 2. The van der Waals surface area contributed by atoms with Gasteiger partial charge in [0.2, 0.25) is 11.8 Å². The van der Waals surface area contributed by atoms with E-state index >= 15 is 9.59 Å². The quantitative estimate of drug-likeness (QED) is 0.105. The van der Waals surface area contributed by atoms with Crippen LogP contribution < -0.4 is 19.8 Å². The molecule has 292 valence electrons. The minimum absolute atomic E-state index is 0.0138. The van der Waals surface area contributed by atoms with Gasteiger partial charge in [-0.05, 0) is 78.9 Å². The molecule has 0 unspecified atom stereocenters. The normalized spacial score (nSPS) is 25.1. The van der Waals surface area contributed by atoms with Crippen molar-refractivity contribution >= 4 is 80.1 Å². The smallest absolute Gasteiger partial charge is 0.339 e. The number of hydrogen-bond donors (Lipinski definition) is 4. The number of allylic oxidation sites excluding steroid dienone is 2. The summed E-state index contributed by atoms with van der Waals surface area (Å²) in [5.41, 5.74) is 2.18. The van der Waals surface area contributed by atoms with Crippen molar-refractivity contribution in [1.82, 2.24) is 5.01 Å². The number of hydrazine groups is 1. The number of imide groups is 2. The fourth-order valence-electron chi connectivity index (χ4n) is 9.25. The third-order valence-electron chi connectivity index (χ3n) is 11.7. The Morgan fingerprint density at radius 2 is 1.63 bits per heavy atom. The zero-order valence-corrected chi connectivity index (χ0v) is 33.1. The van der Waals surface area contributed by atoms with Crippen LogP contribution in [0.3, 0.4) is 0 Å². The van der Waals surface area contributed by atoms with Gasteiger partial charge in [0.25, 0.3) is 11.8 Å². The van der Waals surface area contributed by atoms with E-state index in [0.29, 0.717) is 26.4 Å². The molecule has 13 nitrogen and oxygen atoms in total. The molecule has 2 aliphatic heterocycles. The minimum atomic E-state index is -1.75. The van der Waals surface area contributed by atoms with Crippen LogP contribution in [-0.2, 0) is 24.6 Å². The molecule has 4 aromatic carbocycles. The largest absolute Gasteiger partial charge is 0.507 e. The number of carboxylic acids is 1. The molecule has 3 fully saturated rings. The van der Waals surface area contributed by atoms with Crippen LogP contribution in [-0.4, -0.2) is 64.1 Å². The van der Waals surface area contributed by atoms with E-state index < -0.39 is 75.9 Å². The monoisotopic (exact) mass is 875 g/mol. The highest BCUT2D eigenvalue weighted by atomic mass is 79.9. The SMILES string of the molecule is COc1ccc([C@@]23C(=O)N(Nc4ccc(Cl)cc4Cl)C(=O)[C@@H]2C[C@@H]2C(=CC[C@@H]4C(=O)N(c5ccc(C(=O)O)c(O)c5)C(=O)[C@@H]42)[C@@H]3c2cc(Br)cc(OC)c2O)cc1. The molecule has 2 aliphatic carbocycles. The van der Waals surface area contributed by atoms with Crippen LogP contribution in [0.5, 0.6) is 23.0 Å². The zero-order chi connectivity index (χ0) is 40.7. The third-order valence-corrected chi connectivity index (χ3v) is 12.7. The van der Waals surface area contributed by atoms with Crippen LogP contribution in [0.2, 0.25) is 10.0 Å². The number of halogens is 3. The predicted molar refractivity (Wildman–Crippen MR) is 211 cm³/mol. The highest BCUT2D eigenvalue weighted by Crippen LogP contribution is 2.65. The molecule has 4 aliphatic rings. The highest BCUT2D eigenvalue weighted by molar-refractivity contribution is 9.10. The number of phenols is 2. The standard InChI is InChI=1S/C41H32BrCl2N3O10/c1-56-22-7-3-18(4-8-22)41-28(37(51)47(40(41)55)45-30-12-5-20(43)15-29(30)44)17-26-23(34(41)27-13-19(42)14-32(57-2)35(27)49)10-11-25-33(26)38(52)46(36(25)50)21-6-9-24(39(53)54)31(48)16-21/h3-10,12-16,25-26,28,33-34,45,48-49H,11,17H2,1-2H3,(H,53,54)/t25-,26+,28-,33-,34+,41+/m0/s1. The first kappa shape index (κ1) is 38.3. The Balaban J connectivity index is 1.34. The van der Waals surface area contributed by atoms with E-state index in [9.17, 15) is 29.7 Å². The summed E-state index contributed by atoms with van der Waals surface area (Å²) < 4.78 is 11.5. The first-order valence-electron chi connectivity index (χ1n) is 17.7. The van der Waals surface area contributed by atoms with Gasteiger partial charge >= 0.3 is 5.97 Å². The van der Waals surface area contributed by atoms with Crippen molar-refractivity contribution in [2.24, 2.45) is 23.7 Å². The fourth-order valence-corrected chi connectivity index (χ4v) is 10.2. The minimum Gasteiger partial charge on any atom is -0.507 e. The van der Waals surface area contributed by atoms with Crippen LogP contribution in [0.15, 0.2) is 88.9 Å². The van der Waals surface area contributed by atoms with Gasteiger partial charge < -0.3 is 24.8 Å². The molecule has 0 bridgehead atoms. The molecule has 4 amide bonds. The van der Waals surface area contributed by atoms with Crippen molar-refractivity contribution in [2.45, 2.75) is 24.2 Å². The van der Waals surface area contributed by atoms with E-state index in [0.717, 1.165) is 22.0 Å². The number of nitrogens with one attached hydrogen (secondary N) is 1. The summed E-state index contributed by atoms with van der Waals surface area (Å²) in [5.74, 6) is -9.23. The third kappa shape index (κ3) is 5.75. The van der Waals surface area contributed by atoms with E-state index in [1.54, 1.807) is 42.5 Å². The van der Waals surface area contributed by atoms with Crippen LogP contribution in [0.25, 0.3) is 0 Å². The van der Waals surface area contributed by atoms with E-state index in [1.165, 1.54) is 32.4 Å². The highest BCUT2D eigenvalue weighted by Gasteiger charge is 2.71. The molecule has 0 aromatic heterocycles. The number of fused-ring (bicyclic) bond motifs is 4. The second-order valence-corrected chi connectivity index (χ2v) is 16.0. The summed E-state index contributed by atoms with van der Waals surface area (Å²) in [5, 5.41) is 33.3. The van der Waals surface area contributed by atoms with Gasteiger partial charge in [0.1, 0.15) is 17.1 Å². The lowest BCUT2D eigenvalue weighted by Gasteiger charge is -2.50. The van der Waals surface area contributed by atoms with Gasteiger partial charge in [-0.3, -0.25) is 24.6 Å². The Labute approximate surface area is 343 Å². The van der Waals surface area contributed by atoms with Crippen molar-refractivity contribution in [3.05, 3.63) is 116 Å². The predicted octanol–water partition coefficient (Wildman–Crippen LogP) is 7.07. The Hall–Kier alpha value is -5.57. The number of carbonyl (C=O) groups is 5. The van der Waals surface area contributed by atoms with Crippen molar-refractivity contribution in [2.75, 3.05) is 24.5 Å². The number of phenolic OH excluding ortho intramolecular Hbond substituents is 1. The molecule has 4 aromatic rings. The van der Waals surface area contributed by atoms with E-state index in [1.807, 2.05) is 6.08 Å². The molecule has 8 rings (SSSR count). The first-order chi connectivity index (χ1) is 27.2. The second kappa shape index (κ2) is 14.1. The lowest BCUT2D eigenvalue weighted by molar-refractivity contribution is -0.138. The summed E-state index contributed by atoms with van der Waals surface area (Å²) in [6.45, 7) is 0. The second-order valence-electron chi connectivity index (χ2n) is 14.3. The van der Waals surface area contributed by atoms with Crippen molar-refractivity contribution in [3.8, 4) is 23.0 Å². The molecule has 57 heavy (non-hydrogen) atoms. The van der Waals surface area contributed by atoms with Gasteiger partial charge in [0.05, 0.1) is 53.8 Å². The molecule has 4 N–H and O–H groups in total. The van der Waals surface area contributed by atoms with Gasteiger partial charge in [0, 0.05) is 27.0 Å². The first-order valence-corrected chi connectivity index (χ1v) is 19.2. The number of carbonyl (C=O) groups excluding carboxylic acids is 4. The lowest BCUT2D eigenvalue weighted by atomic mass is 9.49. The molecule has 2 heterocycles. The average Bonchev–Trinajstić information content (AvgIpc) is 3.57. The maximum absolute atomic E-state index is 15.5. The number of aromatic hydroxyl groups is 2. The molecule has 0 spiro atoms. The summed E-state index contributed by atoms with van der Waals surface area (Å²) in [6, 6.07) is 17.9. The molecule has 2 saturated heterocycles.